The third kappa shape index (κ3) is 12.0. The van der Waals surface area contributed by atoms with Gasteiger partial charge in [-0.25, -0.2) is 14.4 Å². The second-order valence-electron chi connectivity index (χ2n) is 5.73. The number of carbonyl (C=O) groups excluding carboxylic acids is 4. The molecule has 0 aromatic heterocycles. The van der Waals surface area contributed by atoms with Crippen LogP contribution in [-0.4, -0.2) is 48.8 Å². The highest BCUT2D eigenvalue weighted by Crippen LogP contribution is 2.07. The van der Waals surface area contributed by atoms with Crippen LogP contribution in [0.1, 0.15) is 34.1 Å². The van der Waals surface area contributed by atoms with Crippen molar-refractivity contribution in [1.29, 1.82) is 0 Å². The number of ether oxygens (including phenoxy) is 3. The number of carbonyl (C=O) groups is 4. The van der Waals surface area contributed by atoms with Gasteiger partial charge in [-0.05, 0) is 27.7 Å². The lowest BCUT2D eigenvalue weighted by Gasteiger charge is -2.22. The highest BCUT2D eigenvalue weighted by atomic mass is 16.6. The first kappa shape index (κ1) is 21.4. The molecule has 0 spiro atoms. The van der Waals surface area contributed by atoms with Crippen molar-refractivity contribution in [1.82, 2.24) is 5.32 Å². The average molecular weight is 344 g/mol. The van der Waals surface area contributed by atoms with Crippen molar-refractivity contribution in [2.75, 3.05) is 13.2 Å². The molecule has 0 saturated heterocycles. The molecule has 2 amide bonds. The lowest BCUT2D eigenvalue weighted by Crippen LogP contribution is -2.43. The van der Waals surface area contributed by atoms with Gasteiger partial charge in [-0.15, -0.1) is 0 Å². The van der Waals surface area contributed by atoms with Crippen LogP contribution in [-0.2, 0) is 28.6 Å². The summed E-state index contributed by atoms with van der Waals surface area (Å²) in [5.74, 6) is -2.20. The van der Waals surface area contributed by atoms with Crippen molar-refractivity contribution in [3.8, 4) is 0 Å². The van der Waals surface area contributed by atoms with E-state index in [-0.39, 0.29) is 19.6 Å². The van der Waals surface area contributed by atoms with Crippen LogP contribution in [0.2, 0.25) is 0 Å². The number of alkyl carbamates (subject to hydrolysis) is 1. The number of hydrogen-bond acceptors (Lipinski definition) is 7. The van der Waals surface area contributed by atoms with Gasteiger partial charge in [0.1, 0.15) is 12.2 Å². The molecule has 0 aromatic rings. The molecule has 9 nitrogen and oxygen atoms in total. The van der Waals surface area contributed by atoms with Gasteiger partial charge in [0.2, 0.25) is 5.91 Å². The Kier molecular flexibility index (Phi) is 9.14. The zero-order chi connectivity index (χ0) is 18.8. The Morgan fingerprint density at radius 3 is 2.08 bits per heavy atom. The summed E-state index contributed by atoms with van der Waals surface area (Å²) in [5.41, 5.74) is 4.37. The molecule has 0 radical (unpaired) electrons. The Morgan fingerprint density at radius 2 is 1.62 bits per heavy atom. The van der Waals surface area contributed by atoms with E-state index in [9.17, 15) is 19.2 Å². The molecule has 0 aliphatic rings. The maximum Gasteiger partial charge on any atom is 0.408 e. The monoisotopic (exact) mass is 344 g/mol. The van der Waals surface area contributed by atoms with Crippen molar-refractivity contribution in [2.45, 2.75) is 45.8 Å². The zero-order valence-corrected chi connectivity index (χ0v) is 14.3. The van der Waals surface area contributed by atoms with E-state index in [1.807, 2.05) is 0 Å². The normalized spacial score (nSPS) is 12.3. The van der Waals surface area contributed by atoms with Crippen LogP contribution < -0.4 is 11.1 Å². The summed E-state index contributed by atoms with van der Waals surface area (Å²) < 4.78 is 14.5. The highest BCUT2D eigenvalue weighted by Gasteiger charge is 2.21. The minimum atomic E-state index is -0.850. The second kappa shape index (κ2) is 10.2. The molecule has 0 rings (SSSR count). The first-order valence-electron chi connectivity index (χ1n) is 7.33. The summed E-state index contributed by atoms with van der Waals surface area (Å²) in [7, 11) is 0. The van der Waals surface area contributed by atoms with E-state index in [1.54, 1.807) is 27.7 Å². The van der Waals surface area contributed by atoms with Gasteiger partial charge in [0.25, 0.3) is 0 Å². The molecule has 0 aromatic carbocycles. The van der Waals surface area contributed by atoms with E-state index in [2.05, 4.69) is 10.1 Å². The van der Waals surface area contributed by atoms with Crippen molar-refractivity contribution < 1.29 is 33.4 Å². The number of amides is 2. The van der Waals surface area contributed by atoms with Crippen LogP contribution in [0, 0.1) is 0 Å². The van der Waals surface area contributed by atoms with Crippen LogP contribution in [0.3, 0.4) is 0 Å². The molecule has 0 saturated carbocycles. The second-order valence-corrected chi connectivity index (χ2v) is 5.73. The van der Waals surface area contributed by atoms with Gasteiger partial charge < -0.3 is 25.3 Å². The van der Waals surface area contributed by atoms with E-state index in [0.717, 1.165) is 12.2 Å². The largest absolute Gasteiger partial charge is 0.463 e. The number of nitrogens with one attached hydrogen (secondary N) is 1. The Labute approximate surface area is 140 Å². The van der Waals surface area contributed by atoms with Gasteiger partial charge in [-0.3, -0.25) is 4.79 Å². The van der Waals surface area contributed by atoms with E-state index in [0.29, 0.717) is 0 Å². The predicted octanol–water partition coefficient (Wildman–Crippen LogP) is 0.418. The highest BCUT2D eigenvalue weighted by molar-refractivity contribution is 5.91. The maximum absolute atomic E-state index is 11.7. The van der Waals surface area contributed by atoms with Crippen molar-refractivity contribution >= 4 is 23.9 Å². The number of hydrogen-bond donors (Lipinski definition) is 2. The lowest BCUT2D eigenvalue weighted by atomic mass is 10.2. The average Bonchev–Trinajstić information content (AvgIpc) is 2.40. The predicted molar refractivity (Wildman–Crippen MR) is 83.7 cm³/mol. The van der Waals surface area contributed by atoms with Crippen LogP contribution in [0.15, 0.2) is 12.2 Å². The maximum atomic E-state index is 11.7. The summed E-state index contributed by atoms with van der Waals surface area (Å²) in [6.07, 6.45) is 0.781. The molecule has 3 N–H and O–H groups in total. The SMILES string of the molecule is CCOC(=O)/C=C/C(=O)OC[C@H](CC(N)=O)NC(=O)OC(C)(C)C. The number of primary amides is 1. The molecule has 1 atom stereocenters. The van der Waals surface area contributed by atoms with Crippen molar-refractivity contribution in [3.05, 3.63) is 12.2 Å². The van der Waals surface area contributed by atoms with Gasteiger partial charge in [-0.2, -0.15) is 0 Å². The van der Waals surface area contributed by atoms with Gasteiger partial charge in [0, 0.05) is 12.2 Å². The minimum Gasteiger partial charge on any atom is -0.463 e. The third-order valence-corrected chi connectivity index (χ3v) is 2.24. The molecule has 0 aliphatic carbocycles. The first-order chi connectivity index (χ1) is 11.0. The molecule has 0 aliphatic heterocycles. The molecular formula is C15H24N2O7. The summed E-state index contributed by atoms with van der Waals surface area (Å²) >= 11 is 0. The molecule has 0 bridgehead atoms. The summed E-state index contributed by atoms with van der Waals surface area (Å²) in [4.78, 5) is 45.2. The van der Waals surface area contributed by atoms with E-state index in [4.69, 9.17) is 15.2 Å². The minimum absolute atomic E-state index is 0.179. The number of rotatable bonds is 8. The Hall–Kier alpha value is -2.58. The molecule has 0 unspecified atom stereocenters. The van der Waals surface area contributed by atoms with Crippen molar-refractivity contribution in [3.63, 3.8) is 0 Å². The molecule has 136 valence electrons. The van der Waals surface area contributed by atoms with E-state index in [1.165, 1.54) is 0 Å². The van der Waals surface area contributed by atoms with Crippen LogP contribution >= 0.6 is 0 Å². The molecule has 24 heavy (non-hydrogen) atoms. The third-order valence-electron chi connectivity index (χ3n) is 2.24. The lowest BCUT2D eigenvalue weighted by molar-refractivity contribution is -0.140. The summed E-state index contributed by atoms with van der Waals surface area (Å²) in [6, 6.07) is -0.850. The zero-order valence-electron chi connectivity index (χ0n) is 14.3. The van der Waals surface area contributed by atoms with Crippen LogP contribution in [0.5, 0.6) is 0 Å². The smallest absolute Gasteiger partial charge is 0.408 e. The Bertz CT molecular complexity index is 495. The molecule has 9 heteroatoms. The fourth-order valence-corrected chi connectivity index (χ4v) is 1.43. The van der Waals surface area contributed by atoms with Gasteiger partial charge in [-0.1, -0.05) is 0 Å². The topological polar surface area (TPSA) is 134 Å². The van der Waals surface area contributed by atoms with Crippen LogP contribution in [0.25, 0.3) is 0 Å². The summed E-state index contributed by atoms with van der Waals surface area (Å²) in [5, 5.41) is 2.39. The standard InChI is InChI=1S/C15H24N2O7/c1-5-22-12(19)6-7-13(20)23-9-10(8-11(16)18)17-14(21)24-15(2,3)4/h6-7,10H,5,8-9H2,1-4H3,(H2,16,18)(H,17,21)/b7-6+/t10-/m0/s1. The molecule has 0 heterocycles. The first-order valence-corrected chi connectivity index (χ1v) is 7.33. The van der Waals surface area contributed by atoms with E-state index < -0.39 is 35.6 Å². The fraction of sp³-hybridized carbons (Fsp3) is 0.600. The Balaban J connectivity index is 4.52. The fourth-order valence-electron chi connectivity index (χ4n) is 1.43. The quantitative estimate of drug-likeness (QED) is 0.370. The molecular weight excluding hydrogens is 320 g/mol. The number of nitrogens with two attached hydrogens (primary N) is 1. The summed E-state index contributed by atoms with van der Waals surface area (Å²) in [6.45, 7) is 6.52. The van der Waals surface area contributed by atoms with Gasteiger partial charge >= 0.3 is 18.0 Å². The number of esters is 2. The van der Waals surface area contributed by atoms with Crippen LogP contribution in [0.4, 0.5) is 4.79 Å². The van der Waals surface area contributed by atoms with Gasteiger partial charge in [0.15, 0.2) is 0 Å². The van der Waals surface area contributed by atoms with Gasteiger partial charge in [0.05, 0.1) is 19.1 Å². The molecule has 0 fully saturated rings. The van der Waals surface area contributed by atoms with E-state index >= 15 is 0 Å². The Morgan fingerprint density at radius 1 is 1.08 bits per heavy atom. The van der Waals surface area contributed by atoms with Crippen molar-refractivity contribution in [2.24, 2.45) is 5.73 Å².